The maximum Gasteiger partial charge on any atom is 0.228 e. The largest absolute Gasteiger partial charge is 0.305 e. The van der Waals surface area contributed by atoms with Crippen molar-refractivity contribution in [2.45, 2.75) is 39.3 Å². The Hall–Kier alpha value is -2.70. The summed E-state index contributed by atoms with van der Waals surface area (Å²) in [4.78, 5) is 20.7. The average Bonchev–Trinajstić information content (AvgIpc) is 3.11. The van der Waals surface area contributed by atoms with E-state index in [9.17, 15) is 4.79 Å². The number of carbonyl (C=O) groups is 1. The Morgan fingerprint density at radius 1 is 1.26 bits per heavy atom. The molecule has 0 fully saturated rings. The van der Waals surface area contributed by atoms with Crippen LogP contribution in [-0.4, -0.2) is 30.2 Å². The number of carbonyl (C=O) groups excluding carboxylic acids is 1. The molecular formula is C16H20N6O. The van der Waals surface area contributed by atoms with Gasteiger partial charge in [0.25, 0.3) is 0 Å². The third-order valence-corrected chi connectivity index (χ3v) is 3.52. The summed E-state index contributed by atoms with van der Waals surface area (Å²) in [5.74, 6) is 0.476. The fourth-order valence-corrected chi connectivity index (χ4v) is 2.54. The number of anilines is 1. The summed E-state index contributed by atoms with van der Waals surface area (Å²) in [5.41, 5.74) is 1.69. The quantitative estimate of drug-likeness (QED) is 0.802. The van der Waals surface area contributed by atoms with Crippen LogP contribution in [0.4, 0.5) is 5.95 Å². The van der Waals surface area contributed by atoms with Crippen molar-refractivity contribution in [3.8, 4) is 0 Å². The fraction of sp³-hybridized carbons (Fsp3) is 0.375. The standard InChI is InChI=1S/C16H20N6O/c1-16(2,3)22-13-7-5-4-6-12(13)19-15(22)20-14(23)8-9-21-11-17-10-18-21/h4-7,10-11H,8-9H2,1-3H3,(H,19,20,23). The number of nitrogens with zero attached hydrogens (tertiary/aromatic N) is 5. The predicted octanol–water partition coefficient (Wildman–Crippen LogP) is 2.41. The van der Waals surface area contributed by atoms with Crippen molar-refractivity contribution in [1.82, 2.24) is 24.3 Å². The van der Waals surface area contributed by atoms with Crippen molar-refractivity contribution in [2.75, 3.05) is 5.32 Å². The minimum absolute atomic E-state index is 0.0960. The lowest BCUT2D eigenvalue weighted by Crippen LogP contribution is -2.26. The average molecular weight is 312 g/mol. The summed E-state index contributed by atoms with van der Waals surface area (Å²) in [7, 11) is 0. The van der Waals surface area contributed by atoms with Crippen molar-refractivity contribution in [3.05, 3.63) is 36.9 Å². The number of imidazole rings is 1. The van der Waals surface area contributed by atoms with Crippen LogP contribution >= 0.6 is 0 Å². The van der Waals surface area contributed by atoms with E-state index in [1.54, 1.807) is 11.0 Å². The van der Waals surface area contributed by atoms with Gasteiger partial charge in [0.05, 0.1) is 17.6 Å². The Morgan fingerprint density at radius 2 is 2.04 bits per heavy atom. The van der Waals surface area contributed by atoms with Gasteiger partial charge in [-0.3, -0.25) is 14.8 Å². The fourth-order valence-electron chi connectivity index (χ4n) is 2.54. The molecule has 120 valence electrons. The molecule has 0 spiro atoms. The molecule has 1 amide bonds. The second kappa shape index (κ2) is 5.83. The van der Waals surface area contributed by atoms with Gasteiger partial charge in [-0.1, -0.05) is 12.1 Å². The Kier molecular flexibility index (Phi) is 3.85. The Bertz CT molecular complexity index is 813. The summed E-state index contributed by atoms with van der Waals surface area (Å²) < 4.78 is 3.68. The van der Waals surface area contributed by atoms with Crippen molar-refractivity contribution in [3.63, 3.8) is 0 Å². The van der Waals surface area contributed by atoms with Gasteiger partial charge < -0.3 is 4.57 Å². The minimum atomic E-state index is -0.190. The van der Waals surface area contributed by atoms with Crippen LogP contribution < -0.4 is 5.32 Å². The van der Waals surface area contributed by atoms with Crippen molar-refractivity contribution in [2.24, 2.45) is 0 Å². The van der Waals surface area contributed by atoms with Crippen molar-refractivity contribution < 1.29 is 4.79 Å². The molecule has 0 atom stereocenters. The first-order chi connectivity index (χ1) is 10.9. The molecule has 2 aromatic heterocycles. The lowest BCUT2D eigenvalue weighted by atomic mass is 10.1. The highest BCUT2D eigenvalue weighted by molar-refractivity contribution is 5.91. The number of para-hydroxylation sites is 2. The Morgan fingerprint density at radius 3 is 2.74 bits per heavy atom. The van der Waals surface area contributed by atoms with Crippen molar-refractivity contribution >= 4 is 22.9 Å². The van der Waals surface area contributed by atoms with E-state index in [0.717, 1.165) is 11.0 Å². The monoisotopic (exact) mass is 312 g/mol. The van der Waals surface area contributed by atoms with Crippen LogP contribution in [0.5, 0.6) is 0 Å². The van der Waals surface area contributed by atoms with Gasteiger partial charge in [-0.25, -0.2) is 9.97 Å². The minimum Gasteiger partial charge on any atom is -0.305 e. The molecule has 23 heavy (non-hydrogen) atoms. The van der Waals surface area contributed by atoms with Gasteiger partial charge in [0.2, 0.25) is 11.9 Å². The van der Waals surface area contributed by atoms with Gasteiger partial charge in [0.1, 0.15) is 12.7 Å². The first-order valence-corrected chi connectivity index (χ1v) is 7.55. The molecule has 2 heterocycles. The van der Waals surface area contributed by atoms with Crippen LogP contribution in [0.1, 0.15) is 27.2 Å². The van der Waals surface area contributed by atoms with E-state index in [0.29, 0.717) is 18.9 Å². The first-order valence-electron chi connectivity index (χ1n) is 7.55. The molecule has 0 aliphatic carbocycles. The Balaban J connectivity index is 1.83. The zero-order valence-electron chi connectivity index (χ0n) is 13.5. The molecule has 1 aromatic carbocycles. The summed E-state index contributed by atoms with van der Waals surface area (Å²) in [6.07, 6.45) is 3.37. The molecule has 0 unspecified atom stereocenters. The highest BCUT2D eigenvalue weighted by Crippen LogP contribution is 2.27. The first kappa shape index (κ1) is 15.2. The van der Waals surface area contributed by atoms with Crippen molar-refractivity contribution in [1.29, 1.82) is 0 Å². The molecule has 0 bridgehead atoms. The van der Waals surface area contributed by atoms with E-state index in [4.69, 9.17) is 0 Å². The molecule has 7 heteroatoms. The topological polar surface area (TPSA) is 77.6 Å². The lowest BCUT2D eigenvalue weighted by Gasteiger charge is -2.24. The molecule has 3 aromatic rings. The number of aryl methyl sites for hydroxylation is 1. The van der Waals surface area contributed by atoms with Crippen LogP contribution in [0.25, 0.3) is 11.0 Å². The summed E-state index contributed by atoms with van der Waals surface area (Å²) >= 11 is 0. The molecule has 1 N–H and O–H groups in total. The third-order valence-electron chi connectivity index (χ3n) is 3.52. The lowest BCUT2D eigenvalue weighted by molar-refractivity contribution is -0.116. The van der Waals surface area contributed by atoms with Gasteiger partial charge in [-0.15, -0.1) is 0 Å². The second-order valence-corrected chi connectivity index (χ2v) is 6.39. The number of nitrogens with one attached hydrogen (secondary N) is 1. The molecule has 0 saturated carbocycles. The Labute approximate surface area is 134 Å². The van der Waals surface area contributed by atoms with Gasteiger partial charge in [0.15, 0.2) is 0 Å². The second-order valence-electron chi connectivity index (χ2n) is 6.39. The molecule has 3 rings (SSSR count). The van der Waals surface area contributed by atoms with E-state index < -0.39 is 0 Å². The number of amides is 1. The number of benzene rings is 1. The molecule has 0 radical (unpaired) electrons. The van der Waals surface area contributed by atoms with E-state index >= 15 is 0 Å². The molecular weight excluding hydrogens is 292 g/mol. The van der Waals surface area contributed by atoms with Crippen LogP contribution in [0.15, 0.2) is 36.9 Å². The molecule has 0 aliphatic rings. The number of rotatable bonds is 4. The summed E-state index contributed by atoms with van der Waals surface area (Å²) in [6.45, 7) is 6.76. The van der Waals surface area contributed by atoms with Gasteiger partial charge in [-0.2, -0.15) is 5.10 Å². The zero-order valence-corrected chi connectivity index (χ0v) is 13.5. The number of fused-ring (bicyclic) bond motifs is 1. The normalized spacial score (nSPS) is 11.8. The van der Waals surface area contributed by atoms with Gasteiger partial charge in [-0.05, 0) is 32.9 Å². The SMILES string of the molecule is CC(C)(C)n1c(NC(=O)CCn2cncn2)nc2ccccc21. The highest BCUT2D eigenvalue weighted by atomic mass is 16.1. The molecule has 7 nitrogen and oxygen atoms in total. The highest BCUT2D eigenvalue weighted by Gasteiger charge is 2.22. The van der Waals surface area contributed by atoms with E-state index in [2.05, 4.69) is 45.7 Å². The number of aromatic nitrogens is 5. The summed E-state index contributed by atoms with van der Waals surface area (Å²) in [5, 5.41) is 6.91. The van der Waals surface area contributed by atoms with Crippen LogP contribution in [0.2, 0.25) is 0 Å². The smallest absolute Gasteiger partial charge is 0.228 e. The molecule has 0 aliphatic heterocycles. The van der Waals surface area contributed by atoms with Crippen LogP contribution in [-0.2, 0) is 16.9 Å². The third kappa shape index (κ3) is 3.23. The number of hydrogen-bond acceptors (Lipinski definition) is 4. The van der Waals surface area contributed by atoms with E-state index in [-0.39, 0.29) is 11.4 Å². The summed E-state index contributed by atoms with van der Waals surface area (Å²) in [6, 6.07) is 7.88. The maximum atomic E-state index is 12.2. The predicted molar refractivity (Wildman–Crippen MR) is 88.0 cm³/mol. The van der Waals surface area contributed by atoms with Gasteiger partial charge in [0, 0.05) is 12.0 Å². The van der Waals surface area contributed by atoms with Gasteiger partial charge >= 0.3 is 0 Å². The van der Waals surface area contributed by atoms with Crippen LogP contribution in [0.3, 0.4) is 0 Å². The maximum absolute atomic E-state index is 12.2. The van der Waals surface area contributed by atoms with E-state index in [1.807, 2.05) is 24.3 Å². The zero-order chi connectivity index (χ0) is 16.4. The number of hydrogen-bond donors (Lipinski definition) is 1. The van der Waals surface area contributed by atoms with E-state index in [1.165, 1.54) is 6.33 Å². The molecule has 0 saturated heterocycles. The van der Waals surface area contributed by atoms with Crippen LogP contribution in [0, 0.1) is 0 Å².